The average Bonchev–Trinajstić information content (AvgIpc) is 3.28. The lowest BCUT2D eigenvalue weighted by molar-refractivity contribution is -0.698. The van der Waals surface area contributed by atoms with E-state index in [9.17, 15) is 4.79 Å². The van der Waals surface area contributed by atoms with Gasteiger partial charge in [-0.3, -0.25) is 10.4 Å². The number of esters is 1. The molecule has 1 aromatic carbocycles. The first-order valence-electron chi connectivity index (χ1n) is 9.31. The van der Waals surface area contributed by atoms with Crippen molar-refractivity contribution in [3.63, 3.8) is 0 Å². The van der Waals surface area contributed by atoms with Gasteiger partial charge in [0.15, 0.2) is 5.82 Å². The van der Waals surface area contributed by atoms with E-state index >= 15 is 0 Å². The minimum atomic E-state index is -0.350. The molecule has 1 aliphatic carbocycles. The van der Waals surface area contributed by atoms with E-state index in [2.05, 4.69) is 31.5 Å². The largest absolute Gasteiger partial charge is 0.465 e. The summed E-state index contributed by atoms with van der Waals surface area (Å²) in [6.07, 6.45) is 8.31. The van der Waals surface area contributed by atoms with E-state index in [0.29, 0.717) is 18.0 Å². The normalized spacial score (nSPS) is 20.5. The number of nitrogens with one attached hydrogen (secondary N) is 3. The van der Waals surface area contributed by atoms with Crippen LogP contribution in [0.2, 0.25) is 0 Å². The lowest BCUT2D eigenvalue weighted by Crippen LogP contribution is -3.10. The number of amidine groups is 1. The van der Waals surface area contributed by atoms with Gasteiger partial charge in [0.1, 0.15) is 12.7 Å². The van der Waals surface area contributed by atoms with Gasteiger partial charge in [0, 0.05) is 23.4 Å². The summed E-state index contributed by atoms with van der Waals surface area (Å²) in [6, 6.07) is 9.47. The number of benzene rings is 1. The number of quaternary nitrogens is 1. The molecule has 8 heteroatoms. The number of ether oxygens (including phenoxy) is 1. The second-order valence-corrected chi connectivity index (χ2v) is 7.13. The van der Waals surface area contributed by atoms with Gasteiger partial charge in [-0.15, -0.1) is 0 Å². The van der Waals surface area contributed by atoms with Crippen LogP contribution in [0.25, 0.3) is 0 Å². The molecule has 8 nitrogen and oxygen atoms in total. The van der Waals surface area contributed by atoms with Crippen LogP contribution in [0.3, 0.4) is 0 Å². The summed E-state index contributed by atoms with van der Waals surface area (Å²) < 4.78 is 4.84. The van der Waals surface area contributed by atoms with Gasteiger partial charge in [0.25, 0.3) is 0 Å². The monoisotopic (exact) mass is 377 g/mol. The molecular formula is C20H21N6O2+. The Labute approximate surface area is 162 Å². The smallest absolute Gasteiger partial charge is 0.337 e. The van der Waals surface area contributed by atoms with Crippen molar-refractivity contribution in [3.05, 3.63) is 66.0 Å². The summed E-state index contributed by atoms with van der Waals surface area (Å²) in [5.41, 5.74) is 2.60. The van der Waals surface area contributed by atoms with Crippen molar-refractivity contribution >= 4 is 23.3 Å². The number of hydrogen-bond donors (Lipinski definition) is 3. The van der Waals surface area contributed by atoms with Crippen LogP contribution in [0.5, 0.6) is 0 Å². The SMILES string of the molecule is COC(=O)c1cccc(N2C=C(Nc3cc(C4CC4)[nH]n3)[NH+]3C=CN=C3C2)c1. The van der Waals surface area contributed by atoms with Gasteiger partial charge >= 0.3 is 5.97 Å². The van der Waals surface area contributed by atoms with Gasteiger partial charge in [-0.1, -0.05) is 6.07 Å². The first kappa shape index (κ1) is 16.8. The Bertz CT molecular complexity index is 1020. The number of carbonyl (C=O) groups excluding carboxylic acids is 1. The first-order chi connectivity index (χ1) is 13.7. The quantitative estimate of drug-likeness (QED) is 0.689. The number of nitrogens with zero attached hydrogens (tertiary/aromatic N) is 3. The number of anilines is 2. The minimum absolute atomic E-state index is 0.350. The predicted molar refractivity (Wildman–Crippen MR) is 105 cm³/mol. The highest BCUT2D eigenvalue weighted by Gasteiger charge is 2.33. The maximum atomic E-state index is 11.9. The van der Waals surface area contributed by atoms with E-state index in [4.69, 9.17) is 4.74 Å². The van der Waals surface area contributed by atoms with Crippen LogP contribution in [0, 0.1) is 0 Å². The van der Waals surface area contributed by atoms with Crippen LogP contribution >= 0.6 is 0 Å². The van der Waals surface area contributed by atoms with Crippen LogP contribution in [-0.4, -0.2) is 35.7 Å². The number of methoxy groups -OCH3 is 1. The molecule has 5 rings (SSSR count). The molecule has 0 spiro atoms. The molecule has 2 aromatic rings. The molecule has 3 aliphatic rings. The van der Waals surface area contributed by atoms with Crippen molar-refractivity contribution in [1.82, 2.24) is 10.2 Å². The number of aliphatic imine (C=N–C) groups is 1. The zero-order valence-electron chi connectivity index (χ0n) is 15.5. The Hall–Kier alpha value is -3.39. The Morgan fingerprint density at radius 1 is 1.36 bits per heavy atom. The molecule has 0 amide bonds. The standard InChI is InChI=1S/C20H20N6O2/c1-28-20(27)14-3-2-4-15(9-14)25-11-18-21-7-8-26(18)19(12-25)22-17-10-16(23-24-17)13-5-6-13/h2-4,7-10,12-13H,5-6,11H2,1H3,(H2,22,23,24)/p+1. The van der Waals surface area contributed by atoms with Gasteiger partial charge < -0.3 is 9.64 Å². The summed E-state index contributed by atoms with van der Waals surface area (Å²) in [7, 11) is 1.39. The molecule has 142 valence electrons. The van der Waals surface area contributed by atoms with E-state index in [-0.39, 0.29) is 5.97 Å². The van der Waals surface area contributed by atoms with Crippen molar-refractivity contribution in [1.29, 1.82) is 0 Å². The fourth-order valence-electron chi connectivity index (χ4n) is 3.51. The molecule has 0 radical (unpaired) electrons. The van der Waals surface area contributed by atoms with Crippen LogP contribution in [0.15, 0.2) is 59.7 Å². The number of hydrogen-bond acceptors (Lipinski definition) is 6. The predicted octanol–water partition coefficient (Wildman–Crippen LogP) is 1.57. The highest BCUT2D eigenvalue weighted by Crippen LogP contribution is 2.39. The van der Waals surface area contributed by atoms with Crippen LogP contribution in [0.1, 0.15) is 34.8 Å². The van der Waals surface area contributed by atoms with Crippen molar-refractivity contribution in [2.45, 2.75) is 18.8 Å². The summed E-state index contributed by atoms with van der Waals surface area (Å²) in [4.78, 5) is 19.5. The third kappa shape index (κ3) is 3.07. The summed E-state index contributed by atoms with van der Waals surface area (Å²) in [5, 5.41) is 10.9. The van der Waals surface area contributed by atoms with Crippen molar-refractivity contribution in [2.24, 2.45) is 4.99 Å². The van der Waals surface area contributed by atoms with E-state index in [1.165, 1.54) is 25.6 Å². The fourth-order valence-corrected chi connectivity index (χ4v) is 3.51. The van der Waals surface area contributed by atoms with Crippen LogP contribution < -0.4 is 15.1 Å². The first-order valence-corrected chi connectivity index (χ1v) is 9.31. The molecule has 1 fully saturated rings. The van der Waals surface area contributed by atoms with Crippen LogP contribution in [-0.2, 0) is 4.74 Å². The topological polar surface area (TPSA) is 87.0 Å². The molecule has 1 aromatic heterocycles. The molecule has 1 unspecified atom stereocenters. The van der Waals surface area contributed by atoms with E-state index < -0.39 is 0 Å². The number of aromatic nitrogens is 2. The second kappa shape index (κ2) is 6.65. The van der Waals surface area contributed by atoms with Crippen molar-refractivity contribution in [2.75, 3.05) is 23.9 Å². The Morgan fingerprint density at radius 3 is 3.07 bits per heavy atom. The highest BCUT2D eigenvalue weighted by molar-refractivity contribution is 5.91. The van der Waals surface area contributed by atoms with Gasteiger partial charge in [0.05, 0.1) is 25.1 Å². The van der Waals surface area contributed by atoms with Crippen molar-refractivity contribution < 1.29 is 14.4 Å². The highest BCUT2D eigenvalue weighted by atomic mass is 16.5. The maximum Gasteiger partial charge on any atom is 0.337 e. The number of aromatic amines is 1. The molecule has 0 saturated heterocycles. The lowest BCUT2D eigenvalue weighted by atomic mass is 10.2. The zero-order chi connectivity index (χ0) is 19.1. The van der Waals surface area contributed by atoms with Gasteiger partial charge in [-0.2, -0.15) is 5.10 Å². The fraction of sp³-hybridized carbons (Fsp3) is 0.250. The summed E-state index contributed by atoms with van der Waals surface area (Å²) >= 11 is 0. The molecule has 3 N–H and O–H groups in total. The second-order valence-electron chi connectivity index (χ2n) is 7.13. The summed E-state index contributed by atoms with van der Waals surface area (Å²) in [6.45, 7) is 0.631. The molecule has 0 bridgehead atoms. The number of H-pyrrole nitrogens is 1. The molecular weight excluding hydrogens is 356 g/mol. The third-order valence-electron chi connectivity index (χ3n) is 5.15. The molecule has 1 saturated carbocycles. The maximum absolute atomic E-state index is 11.9. The molecule has 28 heavy (non-hydrogen) atoms. The summed E-state index contributed by atoms with van der Waals surface area (Å²) in [5.74, 6) is 2.97. The van der Waals surface area contributed by atoms with Gasteiger partial charge in [-0.25, -0.2) is 14.7 Å². The Balaban J connectivity index is 1.44. The number of rotatable bonds is 5. The van der Waals surface area contributed by atoms with E-state index in [1.807, 2.05) is 36.8 Å². The van der Waals surface area contributed by atoms with Gasteiger partial charge in [0.2, 0.25) is 11.7 Å². The lowest BCUT2D eigenvalue weighted by Gasteiger charge is -2.28. The Kier molecular flexibility index (Phi) is 3.98. The minimum Gasteiger partial charge on any atom is -0.465 e. The number of fused-ring (bicyclic) bond motifs is 1. The zero-order valence-corrected chi connectivity index (χ0v) is 15.5. The molecule has 3 heterocycles. The third-order valence-corrected chi connectivity index (χ3v) is 5.15. The van der Waals surface area contributed by atoms with E-state index in [1.54, 1.807) is 6.07 Å². The van der Waals surface area contributed by atoms with E-state index in [0.717, 1.165) is 28.1 Å². The van der Waals surface area contributed by atoms with Crippen LogP contribution in [0.4, 0.5) is 11.5 Å². The number of carbonyl (C=O) groups is 1. The Morgan fingerprint density at radius 2 is 2.25 bits per heavy atom. The molecule has 2 aliphatic heterocycles. The van der Waals surface area contributed by atoms with Gasteiger partial charge in [-0.05, 0) is 31.0 Å². The van der Waals surface area contributed by atoms with Crippen molar-refractivity contribution in [3.8, 4) is 0 Å². The average molecular weight is 377 g/mol. The molecule has 1 atom stereocenters.